The molecule has 7 heteroatoms. The van der Waals surface area contributed by atoms with Crippen molar-refractivity contribution < 1.29 is 29.3 Å². The highest BCUT2D eigenvalue weighted by Crippen LogP contribution is 2.27. The topological polar surface area (TPSA) is 105 Å². The average molecular weight is 283 g/mol. The van der Waals surface area contributed by atoms with Crippen molar-refractivity contribution in [2.24, 2.45) is 0 Å². The molecule has 3 N–H and O–H groups in total. The first kappa shape index (κ1) is 15.8. The molecule has 1 atom stereocenters. The Morgan fingerprint density at radius 2 is 1.85 bits per heavy atom. The molecule has 0 saturated carbocycles. The van der Waals surface area contributed by atoms with Gasteiger partial charge in [-0.15, -0.1) is 0 Å². The van der Waals surface area contributed by atoms with Crippen LogP contribution in [0.4, 0.5) is 0 Å². The van der Waals surface area contributed by atoms with Crippen LogP contribution in [0.15, 0.2) is 18.2 Å². The second-order valence-corrected chi connectivity index (χ2v) is 4.06. The lowest BCUT2D eigenvalue weighted by Crippen LogP contribution is -2.38. The first-order valence-electron chi connectivity index (χ1n) is 5.86. The van der Waals surface area contributed by atoms with E-state index in [-0.39, 0.29) is 6.54 Å². The van der Waals surface area contributed by atoms with Crippen LogP contribution in [0, 0.1) is 0 Å². The summed E-state index contributed by atoms with van der Waals surface area (Å²) < 4.78 is 10.2. The third kappa shape index (κ3) is 4.43. The van der Waals surface area contributed by atoms with E-state index in [1.54, 1.807) is 18.2 Å². The van der Waals surface area contributed by atoms with E-state index in [1.807, 2.05) is 0 Å². The minimum Gasteiger partial charge on any atom is -0.493 e. The van der Waals surface area contributed by atoms with Gasteiger partial charge in [-0.1, -0.05) is 6.07 Å². The zero-order chi connectivity index (χ0) is 15.1. The van der Waals surface area contributed by atoms with Crippen molar-refractivity contribution in [3.63, 3.8) is 0 Å². The number of benzene rings is 1. The van der Waals surface area contributed by atoms with Gasteiger partial charge in [0.1, 0.15) is 6.04 Å². The van der Waals surface area contributed by atoms with Crippen LogP contribution in [0.5, 0.6) is 11.5 Å². The number of carboxylic acids is 2. The molecule has 0 fully saturated rings. The first-order valence-corrected chi connectivity index (χ1v) is 5.86. The molecule has 0 bridgehead atoms. The van der Waals surface area contributed by atoms with Gasteiger partial charge in [0, 0.05) is 6.54 Å². The highest BCUT2D eigenvalue weighted by atomic mass is 16.5. The molecule has 7 nitrogen and oxygen atoms in total. The summed E-state index contributed by atoms with van der Waals surface area (Å²) in [4.78, 5) is 21.5. The van der Waals surface area contributed by atoms with Gasteiger partial charge in [-0.25, -0.2) is 0 Å². The molecule has 110 valence electrons. The Labute approximate surface area is 116 Å². The van der Waals surface area contributed by atoms with Crippen LogP contribution in [0.1, 0.15) is 12.0 Å². The summed E-state index contributed by atoms with van der Waals surface area (Å²) in [7, 11) is 3.02. The zero-order valence-electron chi connectivity index (χ0n) is 11.3. The molecule has 0 radical (unpaired) electrons. The Bertz CT molecular complexity index is 488. The number of nitrogens with one attached hydrogen (secondary N) is 1. The van der Waals surface area contributed by atoms with Crippen molar-refractivity contribution in [1.82, 2.24) is 5.32 Å². The van der Waals surface area contributed by atoms with Crippen LogP contribution in [0.25, 0.3) is 0 Å². The third-order valence-corrected chi connectivity index (χ3v) is 2.68. The molecule has 0 aliphatic heterocycles. The maximum absolute atomic E-state index is 10.9. The van der Waals surface area contributed by atoms with Gasteiger partial charge < -0.3 is 19.7 Å². The number of methoxy groups -OCH3 is 2. The highest BCUT2D eigenvalue weighted by molar-refractivity contribution is 5.80. The van der Waals surface area contributed by atoms with E-state index >= 15 is 0 Å². The Kier molecular flexibility index (Phi) is 5.79. The maximum atomic E-state index is 10.9. The largest absolute Gasteiger partial charge is 0.493 e. The quantitative estimate of drug-likeness (QED) is 0.645. The molecule has 0 aliphatic carbocycles. The number of carboxylic acid groups (broad SMARTS) is 2. The number of hydrogen-bond acceptors (Lipinski definition) is 5. The lowest BCUT2D eigenvalue weighted by molar-refractivity contribution is -0.146. The minimum atomic E-state index is -1.20. The van der Waals surface area contributed by atoms with Crippen molar-refractivity contribution in [2.75, 3.05) is 14.2 Å². The monoisotopic (exact) mass is 283 g/mol. The predicted molar refractivity (Wildman–Crippen MR) is 70.1 cm³/mol. The fourth-order valence-electron chi connectivity index (χ4n) is 1.65. The normalized spacial score (nSPS) is 11.7. The summed E-state index contributed by atoms with van der Waals surface area (Å²) in [6.45, 7) is 0.213. The van der Waals surface area contributed by atoms with Crippen LogP contribution in [0.2, 0.25) is 0 Å². The summed E-state index contributed by atoms with van der Waals surface area (Å²) >= 11 is 0. The molecule has 0 amide bonds. The van der Waals surface area contributed by atoms with Crippen molar-refractivity contribution in [1.29, 1.82) is 0 Å². The van der Waals surface area contributed by atoms with Crippen molar-refractivity contribution in [3.8, 4) is 11.5 Å². The molecule has 0 spiro atoms. The Morgan fingerprint density at radius 3 is 2.35 bits per heavy atom. The van der Waals surface area contributed by atoms with Crippen molar-refractivity contribution in [3.05, 3.63) is 23.8 Å². The first-order chi connectivity index (χ1) is 9.47. The lowest BCUT2D eigenvalue weighted by Gasteiger charge is -2.14. The van der Waals surface area contributed by atoms with Crippen LogP contribution in [-0.2, 0) is 16.1 Å². The molecule has 1 unspecified atom stereocenters. The summed E-state index contributed by atoms with van der Waals surface area (Å²) in [5, 5.41) is 20.2. The third-order valence-electron chi connectivity index (χ3n) is 2.68. The molecule has 0 aliphatic rings. The van der Waals surface area contributed by atoms with Gasteiger partial charge in [0.25, 0.3) is 0 Å². The predicted octanol–water partition coefficient (Wildman–Crippen LogP) is 0.721. The number of aliphatic carboxylic acids is 2. The Morgan fingerprint density at radius 1 is 1.20 bits per heavy atom. The molecular weight excluding hydrogens is 266 g/mol. The van der Waals surface area contributed by atoms with Gasteiger partial charge in [-0.05, 0) is 17.7 Å². The summed E-state index contributed by atoms with van der Waals surface area (Å²) in [5.41, 5.74) is 0.763. The molecule has 0 saturated heterocycles. The van der Waals surface area contributed by atoms with Gasteiger partial charge in [0.2, 0.25) is 0 Å². The van der Waals surface area contributed by atoms with Gasteiger partial charge >= 0.3 is 11.9 Å². The van der Waals surface area contributed by atoms with E-state index in [0.717, 1.165) is 5.56 Å². The Hall–Kier alpha value is -2.28. The fourth-order valence-corrected chi connectivity index (χ4v) is 1.65. The van der Waals surface area contributed by atoms with Crippen LogP contribution in [-0.4, -0.2) is 42.4 Å². The maximum Gasteiger partial charge on any atom is 0.321 e. The van der Waals surface area contributed by atoms with E-state index in [2.05, 4.69) is 5.32 Å². The smallest absolute Gasteiger partial charge is 0.321 e. The standard InChI is InChI=1S/C13H17NO6/c1-19-10-4-3-8(5-11(10)20-2)7-14-9(13(17)18)6-12(15)16/h3-5,9,14H,6-7H2,1-2H3,(H,15,16)(H,17,18). The number of hydrogen-bond donors (Lipinski definition) is 3. The van der Waals surface area contributed by atoms with Crippen LogP contribution < -0.4 is 14.8 Å². The summed E-state index contributed by atoms with van der Waals surface area (Å²) in [6.07, 6.45) is -0.484. The number of ether oxygens (including phenoxy) is 2. The summed E-state index contributed by atoms with van der Waals surface area (Å²) in [5.74, 6) is -1.28. The zero-order valence-corrected chi connectivity index (χ0v) is 11.3. The number of carbonyl (C=O) groups is 2. The van der Waals surface area contributed by atoms with Crippen LogP contribution >= 0.6 is 0 Å². The molecule has 20 heavy (non-hydrogen) atoms. The lowest BCUT2D eigenvalue weighted by atomic mass is 10.1. The van der Waals surface area contributed by atoms with Gasteiger partial charge in [0.15, 0.2) is 11.5 Å². The molecule has 1 rings (SSSR count). The number of rotatable bonds is 8. The van der Waals surface area contributed by atoms with Gasteiger partial charge in [0.05, 0.1) is 20.6 Å². The molecule has 1 aromatic rings. The van der Waals surface area contributed by atoms with E-state index in [4.69, 9.17) is 19.7 Å². The highest BCUT2D eigenvalue weighted by Gasteiger charge is 2.20. The Balaban J connectivity index is 2.72. The summed E-state index contributed by atoms with van der Waals surface area (Å²) in [6, 6.07) is 4.00. The van der Waals surface area contributed by atoms with E-state index in [1.165, 1.54) is 14.2 Å². The average Bonchev–Trinajstić information content (AvgIpc) is 2.42. The van der Waals surface area contributed by atoms with Crippen LogP contribution in [0.3, 0.4) is 0 Å². The van der Waals surface area contributed by atoms with Gasteiger partial charge in [-0.2, -0.15) is 0 Å². The molecular formula is C13H17NO6. The minimum absolute atomic E-state index is 0.213. The SMILES string of the molecule is COc1ccc(CNC(CC(=O)O)C(=O)O)cc1OC. The van der Waals surface area contributed by atoms with E-state index in [0.29, 0.717) is 11.5 Å². The second-order valence-electron chi connectivity index (χ2n) is 4.06. The molecule has 0 aromatic heterocycles. The van der Waals surface area contributed by atoms with E-state index < -0.39 is 24.4 Å². The molecule has 1 aromatic carbocycles. The van der Waals surface area contributed by atoms with Crippen molar-refractivity contribution >= 4 is 11.9 Å². The second kappa shape index (κ2) is 7.34. The fraction of sp³-hybridized carbons (Fsp3) is 0.385. The van der Waals surface area contributed by atoms with E-state index in [9.17, 15) is 9.59 Å². The van der Waals surface area contributed by atoms with Gasteiger partial charge in [-0.3, -0.25) is 14.9 Å². The molecule has 0 heterocycles. The van der Waals surface area contributed by atoms with Crippen molar-refractivity contribution in [2.45, 2.75) is 19.0 Å².